The predicted molar refractivity (Wildman–Crippen MR) is 98.0 cm³/mol. The van der Waals surface area contributed by atoms with E-state index in [1.54, 1.807) is 10.9 Å². The number of hydrogen-bond donors (Lipinski definition) is 1. The molecule has 0 atom stereocenters. The van der Waals surface area contributed by atoms with Gasteiger partial charge >= 0.3 is 0 Å². The molecule has 0 aliphatic carbocycles. The molecule has 7 heteroatoms. The Hall–Kier alpha value is -3.48. The maximum atomic E-state index is 5.54. The standard InChI is InChI=1S/C19H18N6O/c1-14-10-12-25(24-14)18-8-7-17(22-23-18)20-11-9-16-13-26-19(21-16)15-5-3-2-4-6-15/h2-8,10,12-13H,9,11H2,1H3,(H,20,22). The molecule has 0 bridgehead atoms. The molecule has 0 fully saturated rings. The topological polar surface area (TPSA) is 81.7 Å². The van der Waals surface area contributed by atoms with Gasteiger partial charge in [0.25, 0.3) is 0 Å². The molecule has 4 rings (SSSR count). The quantitative estimate of drug-likeness (QED) is 0.577. The summed E-state index contributed by atoms with van der Waals surface area (Å²) in [7, 11) is 0. The first-order valence-corrected chi connectivity index (χ1v) is 8.38. The van der Waals surface area contributed by atoms with Gasteiger partial charge in [-0.3, -0.25) is 0 Å². The van der Waals surface area contributed by atoms with Crippen LogP contribution in [0.4, 0.5) is 5.82 Å². The van der Waals surface area contributed by atoms with Gasteiger partial charge in [0.1, 0.15) is 12.1 Å². The number of benzene rings is 1. The summed E-state index contributed by atoms with van der Waals surface area (Å²) in [6, 6.07) is 15.6. The van der Waals surface area contributed by atoms with Gasteiger partial charge in [-0.15, -0.1) is 10.2 Å². The fourth-order valence-electron chi connectivity index (χ4n) is 2.54. The average molecular weight is 346 g/mol. The van der Waals surface area contributed by atoms with Crippen LogP contribution < -0.4 is 5.32 Å². The largest absolute Gasteiger partial charge is 0.444 e. The number of aromatic nitrogens is 5. The van der Waals surface area contributed by atoms with Gasteiger partial charge in [0.05, 0.1) is 11.4 Å². The Balaban J connectivity index is 1.33. The zero-order valence-corrected chi connectivity index (χ0v) is 14.3. The van der Waals surface area contributed by atoms with Crippen LogP contribution in [0.25, 0.3) is 17.3 Å². The van der Waals surface area contributed by atoms with Gasteiger partial charge < -0.3 is 9.73 Å². The van der Waals surface area contributed by atoms with Crippen LogP contribution in [-0.4, -0.2) is 31.5 Å². The summed E-state index contributed by atoms with van der Waals surface area (Å²) < 4.78 is 7.24. The Labute approximate surface area is 150 Å². The van der Waals surface area contributed by atoms with Crippen LogP contribution in [0, 0.1) is 6.92 Å². The average Bonchev–Trinajstić information content (AvgIpc) is 3.32. The second kappa shape index (κ2) is 7.18. The molecule has 0 saturated heterocycles. The molecule has 0 spiro atoms. The minimum atomic E-state index is 0.638. The molecule has 4 aromatic rings. The van der Waals surface area contributed by atoms with E-state index in [4.69, 9.17) is 4.42 Å². The summed E-state index contributed by atoms with van der Waals surface area (Å²) in [6.45, 7) is 2.63. The van der Waals surface area contributed by atoms with Gasteiger partial charge in [0, 0.05) is 24.7 Å². The van der Waals surface area contributed by atoms with Crippen LogP contribution in [0.1, 0.15) is 11.4 Å². The fraction of sp³-hybridized carbons (Fsp3) is 0.158. The first-order valence-electron chi connectivity index (χ1n) is 8.38. The lowest BCUT2D eigenvalue weighted by atomic mass is 10.2. The number of oxazole rings is 1. The van der Waals surface area contributed by atoms with Gasteiger partial charge in [0.2, 0.25) is 5.89 Å². The van der Waals surface area contributed by atoms with Crippen molar-refractivity contribution < 1.29 is 4.42 Å². The number of aryl methyl sites for hydroxylation is 1. The maximum Gasteiger partial charge on any atom is 0.226 e. The van der Waals surface area contributed by atoms with Crippen LogP contribution in [-0.2, 0) is 6.42 Å². The molecule has 3 aromatic heterocycles. The second-order valence-corrected chi connectivity index (χ2v) is 5.87. The summed E-state index contributed by atoms with van der Waals surface area (Å²) in [6.07, 6.45) is 4.29. The normalized spacial score (nSPS) is 10.8. The van der Waals surface area contributed by atoms with Gasteiger partial charge in [-0.2, -0.15) is 5.10 Å². The number of nitrogens with zero attached hydrogens (tertiary/aromatic N) is 5. The van der Waals surface area contributed by atoms with Gasteiger partial charge in [-0.25, -0.2) is 9.67 Å². The summed E-state index contributed by atoms with van der Waals surface area (Å²) in [5.74, 6) is 2.04. The highest BCUT2D eigenvalue weighted by Crippen LogP contribution is 2.18. The molecule has 0 unspecified atom stereocenters. The summed E-state index contributed by atoms with van der Waals surface area (Å²) in [5, 5.41) is 15.9. The predicted octanol–water partition coefficient (Wildman–Crippen LogP) is 3.28. The Bertz CT molecular complexity index is 975. The zero-order valence-electron chi connectivity index (χ0n) is 14.3. The van der Waals surface area contributed by atoms with E-state index in [0.717, 1.165) is 23.4 Å². The molecule has 3 heterocycles. The lowest BCUT2D eigenvalue weighted by Crippen LogP contribution is -2.08. The highest BCUT2D eigenvalue weighted by Gasteiger charge is 2.06. The summed E-state index contributed by atoms with van der Waals surface area (Å²) in [5.41, 5.74) is 2.81. The molecule has 130 valence electrons. The Morgan fingerprint density at radius 1 is 1.04 bits per heavy atom. The van der Waals surface area contributed by atoms with E-state index in [1.165, 1.54) is 0 Å². The summed E-state index contributed by atoms with van der Waals surface area (Å²) in [4.78, 5) is 4.51. The van der Waals surface area contributed by atoms with E-state index in [2.05, 4.69) is 25.6 Å². The highest BCUT2D eigenvalue weighted by atomic mass is 16.3. The third-order valence-corrected chi connectivity index (χ3v) is 3.87. The lowest BCUT2D eigenvalue weighted by molar-refractivity contribution is 0.572. The number of nitrogens with one attached hydrogen (secondary N) is 1. The first kappa shape index (κ1) is 16.0. The molecule has 0 radical (unpaired) electrons. The van der Waals surface area contributed by atoms with Crippen LogP contribution in [0.15, 0.2) is 65.4 Å². The van der Waals surface area contributed by atoms with E-state index in [-0.39, 0.29) is 0 Å². The van der Waals surface area contributed by atoms with Crippen LogP contribution in [0.3, 0.4) is 0 Å². The highest BCUT2D eigenvalue weighted by molar-refractivity contribution is 5.52. The van der Waals surface area contributed by atoms with E-state index in [1.807, 2.05) is 61.7 Å². The zero-order chi connectivity index (χ0) is 17.8. The van der Waals surface area contributed by atoms with Gasteiger partial charge in [0.15, 0.2) is 5.82 Å². The van der Waals surface area contributed by atoms with Crippen molar-refractivity contribution in [1.82, 2.24) is 25.0 Å². The second-order valence-electron chi connectivity index (χ2n) is 5.87. The minimum absolute atomic E-state index is 0.638. The van der Waals surface area contributed by atoms with E-state index in [0.29, 0.717) is 24.1 Å². The number of rotatable bonds is 6. The first-order chi connectivity index (χ1) is 12.8. The Kier molecular flexibility index (Phi) is 4.42. The van der Waals surface area contributed by atoms with E-state index in [9.17, 15) is 0 Å². The minimum Gasteiger partial charge on any atom is -0.444 e. The molecular formula is C19H18N6O. The van der Waals surface area contributed by atoms with Crippen molar-refractivity contribution >= 4 is 5.82 Å². The molecule has 1 N–H and O–H groups in total. The smallest absolute Gasteiger partial charge is 0.226 e. The van der Waals surface area contributed by atoms with Crippen molar-refractivity contribution in [2.24, 2.45) is 0 Å². The molecule has 0 saturated carbocycles. The number of anilines is 1. The van der Waals surface area contributed by atoms with Crippen molar-refractivity contribution in [3.63, 3.8) is 0 Å². The van der Waals surface area contributed by atoms with Crippen molar-refractivity contribution in [3.05, 3.63) is 72.4 Å². The summed E-state index contributed by atoms with van der Waals surface area (Å²) >= 11 is 0. The molecule has 7 nitrogen and oxygen atoms in total. The number of hydrogen-bond acceptors (Lipinski definition) is 6. The lowest BCUT2D eigenvalue weighted by Gasteiger charge is -2.04. The van der Waals surface area contributed by atoms with Gasteiger partial charge in [-0.05, 0) is 37.3 Å². The SMILES string of the molecule is Cc1ccn(-c2ccc(NCCc3coc(-c4ccccc4)n3)nn2)n1. The molecule has 0 amide bonds. The molecule has 0 aliphatic rings. The van der Waals surface area contributed by atoms with Crippen molar-refractivity contribution in [2.45, 2.75) is 13.3 Å². The van der Waals surface area contributed by atoms with Crippen molar-refractivity contribution in [2.75, 3.05) is 11.9 Å². The van der Waals surface area contributed by atoms with E-state index >= 15 is 0 Å². The van der Waals surface area contributed by atoms with Crippen molar-refractivity contribution in [1.29, 1.82) is 0 Å². The van der Waals surface area contributed by atoms with Crippen LogP contribution in [0.5, 0.6) is 0 Å². The monoisotopic (exact) mass is 346 g/mol. The Morgan fingerprint density at radius 3 is 2.65 bits per heavy atom. The molecule has 26 heavy (non-hydrogen) atoms. The maximum absolute atomic E-state index is 5.54. The van der Waals surface area contributed by atoms with Crippen LogP contribution in [0.2, 0.25) is 0 Å². The molecule has 0 aliphatic heterocycles. The molecular weight excluding hydrogens is 328 g/mol. The van der Waals surface area contributed by atoms with Crippen molar-refractivity contribution in [3.8, 4) is 17.3 Å². The van der Waals surface area contributed by atoms with E-state index < -0.39 is 0 Å². The van der Waals surface area contributed by atoms with Crippen LogP contribution >= 0.6 is 0 Å². The Morgan fingerprint density at radius 2 is 1.92 bits per heavy atom. The van der Waals surface area contributed by atoms with Gasteiger partial charge in [-0.1, -0.05) is 18.2 Å². The molecule has 1 aromatic carbocycles. The fourth-order valence-corrected chi connectivity index (χ4v) is 2.54. The third kappa shape index (κ3) is 3.61. The third-order valence-electron chi connectivity index (χ3n) is 3.87.